The van der Waals surface area contributed by atoms with Gasteiger partial charge in [0.05, 0.1) is 28.6 Å². The highest BCUT2D eigenvalue weighted by Crippen LogP contribution is 2.47. The number of aliphatic hydroxyl groups excluding tert-OH is 1. The number of imidazole rings is 1. The summed E-state index contributed by atoms with van der Waals surface area (Å²) in [6.45, 7) is 5.59. The van der Waals surface area contributed by atoms with Gasteiger partial charge in [-0.05, 0) is 73.9 Å². The Morgan fingerprint density at radius 1 is 1.30 bits per heavy atom. The van der Waals surface area contributed by atoms with E-state index in [0.29, 0.717) is 30.5 Å². The van der Waals surface area contributed by atoms with E-state index in [1.54, 1.807) is 16.9 Å². The molecule has 2 aliphatic rings. The molecule has 1 aliphatic carbocycles. The number of amides is 2. The number of anilines is 1. The molecule has 4 aromatic rings. The van der Waals surface area contributed by atoms with E-state index in [4.69, 9.17) is 4.98 Å². The lowest BCUT2D eigenvalue weighted by Crippen LogP contribution is -2.39. The lowest BCUT2D eigenvalue weighted by atomic mass is 10.0. The van der Waals surface area contributed by atoms with Crippen molar-refractivity contribution in [1.82, 2.24) is 29.5 Å². The smallest absolute Gasteiger partial charge is 0.268 e. The molecule has 2 fully saturated rings. The Balaban J connectivity index is 1.29. The number of aliphatic hydroxyl groups is 1. The number of benzene rings is 1. The van der Waals surface area contributed by atoms with Crippen LogP contribution in [0.25, 0.3) is 16.0 Å². The van der Waals surface area contributed by atoms with Crippen molar-refractivity contribution in [3.8, 4) is 11.1 Å². The zero-order valence-corrected chi connectivity index (χ0v) is 25.7. The number of aromatic nitrogens is 4. The van der Waals surface area contributed by atoms with Crippen LogP contribution in [0, 0.1) is 16.7 Å². The first-order chi connectivity index (χ1) is 21.3. The molecule has 11 nitrogen and oxygen atoms in total. The van der Waals surface area contributed by atoms with Crippen molar-refractivity contribution in [1.29, 1.82) is 5.26 Å². The molecule has 2 amide bonds. The Morgan fingerprint density at radius 3 is 2.86 bits per heavy atom. The Bertz CT molecular complexity index is 1740. The van der Waals surface area contributed by atoms with Crippen molar-refractivity contribution in [3.05, 3.63) is 70.9 Å². The third kappa shape index (κ3) is 6.31. The molecule has 1 aliphatic heterocycles. The molecular formula is C32H36N8O3S. The van der Waals surface area contributed by atoms with Gasteiger partial charge >= 0.3 is 0 Å². The average molecular weight is 613 g/mol. The van der Waals surface area contributed by atoms with E-state index in [1.807, 2.05) is 59.0 Å². The highest BCUT2D eigenvalue weighted by atomic mass is 32.1. The number of carbonyl (C=O) groups is 2. The number of nitrogens with one attached hydrogen (secondary N) is 2. The highest BCUT2D eigenvalue weighted by Gasteiger charge is 2.38. The van der Waals surface area contributed by atoms with Gasteiger partial charge < -0.3 is 19.9 Å². The summed E-state index contributed by atoms with van der Waals surface area (Å²) >= 11 is 1.33. The van der Waals surface area contributed by atoms with Crippen LogP contribution >= 0.6 is 11.3 Å². The van der Waals surface area contributed by atoms with E-state index >= 15 is 0 Å². The second-order valence-corrected chi connectivity index (χ2v) is 13.1. The molecule has 0 bridgehead atoms. The number of likely N-dealkylation sites (tertiary alicyclic amines) is 1. The predicted molar refractivity (Wildman–Crippen MR) is 168 cm³/mol. The van der Waals surface area contributed by atoms with Crippen molar-refractivity contribution in [2.24, 2.45) is 5.41 Å². The molecule has 6 rings (SSSR count). The SMILES string of the molecule is CC(CO)NCc1ccc2c(c1)nc(NC(=O)c1ccc(-n3cccn3)s1)n2CC1CCCN1C(=O)C(C#N)=CC1(C)CC1. The third-order valence-corrected chi connectivity index (χ3v) is 9.50. The Morgan fingerprint density at radius 2 is 2.14 bits per heavy atom. The van der Waals surface area contributed by atoms with E-state index in [0.717, 1.165) is 47.3 Å². The maximum Gasteiger partial charge on any atom is 0.268 e. The molecule has 228 valence electrons. The molecule has 1 aromatic carbocycles. The van der Waals surface area contributed by atoms with E-state index in [-0.39, 0.29) is 41.5 Å². The normalized spacial score (nSPS) is 18.4. The Labute approximate surface area is 259 Å². The van der Waals surface area contributed by atoms with Gasteiger partial charge in [0.25, 0.3) is 11.8 Å². The minimum Gasteiger partial charge on any atom is -0.395 e. The van der Waals surface area contributed by atoms with Gasteiger partial charge in [-0.2, -0.15) is 10.4 Å². The summed E-state index contributed by atoms with van der Waals surface area (Å²) in [6, 6.07) is 13.4. The highest BCUT2D eigenvalue weighted by molar-refractivity contribution is 7.16. The fourth-order valence-electron chi connectivity index (χ4n) is 5.55. The summed E-state index contributed by atoms with van der Waals surface area (Å²) in [5.74, 6) is -0.113. The second kappa shape index (κ2) is 12.4. The van der Waals surface area contributed by atoms with Gasteiger partial charge in [0.15, 0.2) is 0 Å². The molecule has 2 unspecified atom stereocenters. The van der Waals surface area contributed by atoms with Crippen LogP contribution in [0.3, 0.4) is 0 Å². The second-order valence-electron chi connectivity index (χ2n) is 12.0. The maximum absolute atomic E-state index is 13.5. The van der Waals surface area contributed by atoms with Gasteiger partial charge in [0.2, 0.25) is 5.95 Å². The summed E-state index contributed by atoms with van der Waals surface area (Å²) in [5, 5.41) is 30.6. The van der Waals surface area contributed by atoms with Crippen LogP contribution in [0.5, 0.6) is 0 Å². The Hall–Kier alpha value is -4.31. The van der Waals surface area contributed by atoms with Crippen molar-refractivity contribution >= 4 is 40.1 Å². The average Bonchev–Trinajstić information content (AvgIpc) is 3.60. The summed E-state index contributed by atoms with van der Waals surface area (Å²) in [6.07, 6.45) is 8.96. The largest absolute Gasteiger partial charge is 0.395 e. The monoisotopic (exact) mass is 612 g/mol. The fraction of sp³-hybridized carbons (Fsp3) is 0.406. The molecule has 0 spiro atoms. The molecule has 12 heteroatoms. The van der Waals surface area contributed by atoms with Crippen LogP contribution in [0.2, 0.25) is 0 Å². The van der Waals surface area contributed by atoms with Gasteiger partial charge in [-0.25, -0.2) is 9.67 Å². The van der Waals surface area contributed by atoms with Crippen molar-refractivity contribution in [2.75, 3.05) is 18.5 Å². The van der Waals surface area contributed by atoms with Gasteiger partial charge in [0, 0.05) is 38.1 Å². The van der Waals surface area contributed by atoms with Crippen LogP contribution < -0.4 is 10.6 Å². The third-order valence-electron chi connectivity index (χ3n) is 8.43. The number of fused-ring (bicyclic) bond motifs is 1. The lowest BCUT2D eigenvalue weighted by Gasteiger charge is -2.26. The number of hydrogen-bond donors (Lipinski definition) is 3. The number of hydrogen-bond acceptors (Lipinski definition) is 8. The van der Waals surface area contributed by atoms with Gasteiger partial charge in [-0.1, -0.05) is 19.1 Å². The van der Waals surface area contributed by atoms with Crippen LogP contribution in [0.4, 0.5) is 5.95 Å². The van der Waals surface area contributed by atoms with Crippen LogP contribution in [0.15, 0.2) is 60.4 Å². The molecule has 1 saturated carbocycles. The van der Waals surface area contributed by atoms with Crippen LogP contribution in [0.1, 0.15) is 54.8 Å². The van der Waals surface area contributed by atoms with E-state index in [9.17, 15) is 20.0 Å². The Kier molecular flexibility index (Phi) is 8.35. The van der Waals surface area contributed by atoms with E-state index < -0.39 is 0 Å². The minimum absolute atomic E-state index is 0.0381. The summed E-state index contributed by atoms with van der Waals surface area (Å²) in [5.41, 5.74) is 2.70. The first-order valence-corrected chi connectivity index (χ1v) is 15.8. The molecule has 2 atom stereocenters. The summed E-state index contributed by atoms with van der Waals surface area (Å²) in [7, 11) is 0. The molecule has 44 heavy (non-hydrogen) atoms. The zero-order valence-electron chi connectivity index (χ0n) is 24.9. The molecule has 3 N–H and O–H groups in total. The number of rotatable bonds is 11. The van der Waals surface area contributed by atoms with Crippen molar-refractivity contribution < 1.29 is 14.7 Å². The molecule has 4 heterocycles. The van der Waals surface area contributed by atoms with Crippen LogP contribution in [-0.4, -0.2) is 66.4 Å². The maximum atomic E-state index is 13.5. The topological polar surface area (TPSA) is 141 Å². The first kappa shape index (κ1) is 29.7. The number of carbonyl (C=O) groups excluding carboxylic acids is 2. The zero-order chi connectivity index (χ0) is 30.8. The fourth-order valence-corrected chi connectivity index (χ4v) is 6.39. The summed E-state index contributed by atoms with van der Waals surface area (Å²) in [4.78, 5) is 34.2. The quantitative estimate of drug-likeness (QED) is 0.170. The number of allylic oxidation sites excluding steroid dienone is 1. The van der Waals surface area contributed by atoms with Gasteiger partial charge in [0.1, 0.15) is 16.6 Å². The number of nitriles is 1. The van der Waals surface area contributed by atoms with E-state index in [1.165, 1.54) is 11.3 Å². The number of nitrogens with zero attached hydrogens (tertiary/aromatic N) is 6. The van der Waals surface area contributed by atoms with Crippen LogP contribution in [-0.2, 0) is 17.9 Å². The summed E-state index contributed by atoms with van der Waals surface area (Å²) < 4.78 is 3.68. The molecule has 0 radical (unpaired) electrons. The van der Waals surface area contributed by atoms with Gasteiger partial charge in [-0.3, -0.25) is 14.9 Å². The van der Waals surface area contributed by atoms with Gasteiger partial charge in [-0.15, -0.1) is 11.3 Å². The van der Waals surface area contributed by atoms with Crippen molar-refractivity contribution in [3.63, 3.8) is 0 Å². The number of thiophene rings is 1. The first-order valence-electron chi connectivity index (χ1n) is 15.0. The molecular weight excluding hydrogens is 576 g/mol. The molecule has 1 saturated heterocycles. The lowest BCUT2D eigenvalue weighted by molar-refractivity contribution is -0.127. The predicted octanol–water partition coefficient (Wildman–Crippen LogP) is 4.25. The standard InChI is InChI=1S/C32H36N8O3S/c1-21(20-41)34-18-22-6-7-26-25(15-22)36-31(37-29(42)27-8-9-28(44-27)40-14-4-12-35-40)39(26)19-24-5-3-13-38(24)30(43)23(17-33)16-32(2)10-11-32/h4,6-9,12,14-16,21,24,34,41H,3,5,10-11,13,18-20H2,1-2H3,(H,36,37,42). The van der Waals surface area contributed by atoms with Crippen molar-refractivity contribution in [2.45, 2.75) is 64.7 Å². The molecule has 3 aromatic heterocycles. The minimum atomic E-state index is -0.282. The van der Waals surface area contributed by atoms with E-state index in [2.05, 4.69) is 28.7 Å².